The molecular formula is C22H23F2N3O5S. The third-order valence-electron chi connectivity index (χ3n) is 5.57. The van der Waals surface area contributed by atoms with Crippen LogP contribution in [0.1, 0.15) is 42.4 Å². The number of fused-ring (bicyclic) bond motifs is 1. The monoisotopic (exact) mass is 479 g/mol. The minimum atomic E-state index is -3.19. The molecule has 8 nitrogen and oxygen atoms in total. The van der Waals surface area contributed by atoms with E-state index >= 15 is 0 Å². The van der Waals surface area contributed by atoms with Crippen LogP contribution < -0.4 is 10.1 Å². The average molecular weight is 480 g/mol. The molecule has 1 aromatic heterocycles. The first kappa shape index (κ1) is 23.1. The van der Waals surface area contributed by atoms with Crippen molar-refractivity contribution < 1.29 is 31.8 Å². The highest BCUT2D eigenvalue weighted by Gasteiger charge is 2.39. The van der Waals surface area contributed by atoms with Crippen molar-refractivity contribution in [3.8, 4) is 11.4 Å². The molecule has 1 unspecified atom stereocenters. The Morgan fingerprint density at radius 1 is 1.27 bits per heavy atom. The number of nitrogens with zero attached hydrogens (tertiary/aromatic N) is 2. The first-order chi connectivity index (χ1) is 15.5. The van der Waals surface area contributed by atoms with Gasteiger partial charge >= 0.3 is 6.61 Å². The van der Waals surface area contributed by atoms with Gasteiger partial charge in [-0.2, -0.15) is 13.9 Å². The second-order valence-corrected chi connectivity index (χ2v) is 10.6. The summed E-state index contributed by atoms with van der Waals surface area (Å²) in [6, 6.07) is 10.8. The number of hydrogen-bond donors (Lipinski definition) is 2. The number of nitrogens with one attached hydrogen (secondary N) is 1. The van der Waals surface area contributed by atoms with E-state index in [0.717, 1.165) is 0 Å². The summed E-state index contributed by atoms with van der Waals surface area (Å²) in [5.74, 6) is -0.577. The van der Waals surface area contributed by atoms with Gasteiger partial charge in [-0.1, -0.05) is 6.07 Å². The van der Waals surface area contributed by atoms with Gasteiger partial charge in [-0.15, -0.1) is 0 Å². The molecule has 0 aliphatic carbocycles. The van der Waals surface area contributed by atoms with Crippen LogP contribution >= 0.6 is 0 Å². The van der Waals surface area contributed by atoms with Crippen LogP contribution in [0.15, 0.2) is 42.5 Å². The van der Waals surface area contributed by atoms with Crippen LogP contribution in [0.25, 0.3) is 16.6 Å². The maximum atomic E-state index is 12.9. The van der Waals surface area contributed by atoms with E-state index < -0.39 is 34.0 Å². The van der Waals surface area contributed by atoms with Crippen molar-refractivity contribution in [1.82, 2.24) is 15.1 Å². The van der Waals surface area contributed by atoms with Crippen molar-refractivity contribution in [3.63, 3.8) is 0 Å². The molecule has 2 atom stereocenters. The summed E-state index contributed by atoms with van der Waals surface area (Å²) in [7, 11) is -3.19. The molecule has 176 valence electrons. The summed E-state index contributed by atoms with van der Waals surface area (Å²) in [6.45, 7) is 0.252. The topological polar surface area (TPSA) is 111 Å². The third kappa shape index (κ3) is 4.83. The lowest BCUT2D eigenvalue weighted by Gasteiger charge is -2.23. The largest absolute Gasteiger partial charge is 0.435 e. The highest BCUT2D eigenvalue weighted by atomic mass is 32.2. The molecule has 1 fully saturated rings. The number of rotatable bonds is 6. The fraction of sp³-hybridized carbons (Fsp3) is 0.364. The Bertz CT molecular complexity index is 1320. The second kappa shape index (κ2) is 8.38. The van der Waals surface area contributed by atoms with Crippen LogP contribution in [0.4, 0.5) is 8.78 Å². The molecule has 2 N–H and O–H groups in total. The van der Waals surface area contributed by atoms with Crippen molar-refractivity contribution in [1.29, 1.82) is 0 Å². The lowest BCUT2D eigenvalue weighted by atomic mass is 10.0. The number of benzene rings is 2. The number of hydrogen-bond acceptors (Lipinski definition) is 6. The number of sulfone groups is 1. The summed E-state index contributed by atoms with van der Waals surface area (Å²) < 4.78 is 54.8. The molecular weight excluding hydrogens is 456 g/mol. The van der Waals surface area contributed by atoms with Crippen molar-refractivity contribution in [3.05, 3.63) is 53.7 Å². The number of aromatic nitrogens is 2. The molecule has 0 spiro atoms. The first-order valence-electron chi connectivity index (χ1n) is 10.3. The van der Waals surface area contributed by atoms with E-state index in [9.17, 15) is 27.1 Å². The maximum Gasteiger partial charge on any atom is 0.387 e. The highest BCUT2D eigenvalue weighted by molar-refractivity contribution is 7.91. The van der Waals surface area contributed by atoms with E-state index in [1.165, 1.54) is 23.7 Å². The molecule has 0 saturated carbocycles. The van der Waals surface area contributed by atoms with Gasteiger partial charge in [0.25, 0.3) is 5.91 Å². The molecule has 0 bridgehead atoms. The van der Waals surface area contributed by atoms with E-state index in [4.69, 9.17) is 0 Å². The molecule has 1 saturated heterocycles. The Morgan fingerprint density at radius 3 is 2.67 bits per heavy atom. The number of amides is 1. The Balaban J connectivity index is 1.71. The van der Waals surface area contributed by atoms with E-state index in [2.05, 4.69) is 15.2 Å². The van der Waals surface area contributed by atoms with Crippen molar-refractivity contribution in [2.45, 2.75) is 38.5 Å². The number of carbonyl (C=O) groups is 1. The molecule has 1 aliphatic heterocycles. The summed E-state index contributed by atoms with van der Waals surface area (Å²) in [5.41, 5.74) is 0.712. The molecule has 1 aliphatic rings. The molecule has 33 heavy (non-hydrogen) atoms. The number of aliphatic hydroxyl groups is 1. The molecule has 3 aromatic rings. The minimum Gasteiger partial charge on any atom is -0.435 e. The molecule has 1 amide bonds. The first-order valence-corrected chi connectivity index (χ1v) is 12.1. The zero-order valence-corrected chi connectivity index (χ0v) is 18.8. The summed E-state index contributed by atoms with van der Waals surface area (Å²) >= 11 is 0. The van der Waals surface area contributed by atoms with E-state index in [-0.39, 0.29) is 22.8 Å². The maximum absolute atomic E-state index is 12.9. The van der Waals surface area contributed by atoms with E-state index in [0.29, 0.717) is 28.7 Å². The molecule has 4 rings (SSSR count). The fourth-order valence-electron chi connectivity index (χ4n) is 4.03. The number of ether oxygens (including phenoxy) is 1. The summed E-state index contributed by atoms with van der Waals surface area (Å²) in [4.78, 5) is 12.9. The minimum absolute atomic E-state index is 0.0239. The summed E-state index contributed by atoms with van der Waals surface area (Å²) in [5, 5.41) is 18.0. The molecule has 2 heterocycles. The zero-order chi connectivity index (χ0) is 24.0. The lowest BCUT2D eigenvalue weighted by Crippen LogP contribution is -2.46. The van der Waals surface area contributed by atoms with Crippen molar-refractivity contribution >= 4 is 26.6 Å². The van der Waals surface area contributed by atoms with Gasteiger partial charge in [-0.05, 0) is 50.6 Å². The zero-order valence-electron chi connectivity index (χ0n) is 18.0. The predicted molar refractivity (Wildman–Crippen MR) is 117 cm³/mol. The van der Waals surface area contributed by atoms with Crippen molar-refractivity contribution in [2.75, 3.05) is 11.5 Å². The van der Waals surface area contributed by atoms with E-state index in [1.807, 2.05) is 0 Å². The SMILES string of the molecule is CC(O)c1nn(-c2cccc(OC(F)F)c2)c2ccc(C(=O)N[C@@]3(C)CCS(=O)(=O)C3)cc12. The Morgan fingerprint density at radius 2 is 2.03 bits per heavy atom. The van der Waals surface area contributed by atoms with Crippen molar-refractivity contribution in [2.24, 2.45) is 0 Å². The van der Waals surface area contributed by atoms with Gasteiger partial charge in [-0.3, -0.25) is 4.79 Å². The smallest absolute Gasteiger partial charge is 0.387 e. The standard InChI is InChI=1S/C22H23F2N3O5S/c1-13(28)19-17-10-14(20(29)25-22(2)8-9-33(30,31)12-22)6-7-18(17)27(26-19)15-4-3-5-16(11-15)32-21(23)24/h3-7,10-11,13,21,28H,8-9,12H2,1-2H3,(H,25,29)/t13?,22-/m0/s1. The molecule has 2 aromatic carbocycles. The predicted octanol–water partition coefficient (Wildman–Crippen LogP) is 2.99. The van der Waals surface area contributed by atoms with Crippen LogP contribution in [0, 0.1) is 0 Å². The average Bonchev–Trinajstić information content (AvgIpc) is 3.24. The van der Waals surface area contributed by atoms with Crippen LogP contribution in [-0.4, -0.2) is 52.9 Å². The normalized spacial score (nSPS) is 20.8. The van der Waals surface area contributed by atoms with Crippen LogP contribution in [0.5, 0.6) is 5.75 Å². The van der Waals surface area contributed by atoms with Gasteiger partial charge in [0.1, 0.15) is 5.75 Å². The van der Waals surface area contributed by atoms with Gasteiger partial charge < -0.3 is 15.2 Å². The van der Waals surface area contributed by atoms with Crippen LogP contribution in [-0.2, 0) is 9.84 Å². The van der Waals surface area contributed by atoms with Gasteiger partial charge in [0.05, 0.1) is 40.0 Å². The lowest BCUT2D eigenvalue weighted by molar-refractivity contribution is -0.0498. The van der Waals surface area contributed by atoms with Crippen LogP contribution in [0.2, 0.25) is 0 Å². The third-order valence-corrected chi connectivity index (χ3v) is 7.48. The molecule has 11 heteroatoms. The number of halogens is 2. The fourth-order valence-corrected chi connectivity index (χ4v) is 6.13. The Kier molecular flexibility index (Phi) is 5.87. The van der Waals surface area contributed by atoms with Gasteiger partial charge in [0.2, 0.25) is 0 Å². The quantitative estimate of drug-likeness (QED) is 0.563. The summed E-state index contributed by atoms with van der Waals surface area (Å²) in [6.07, 6.45) is -0.637. The molecule has 0 radical (unpaired) electrons. The number of carbonyl (C=O) groups excluding carboxylic acids is 1. The van der Waals surface area contributed by atoms with Gasteiger partial charge in [0, 0.05) is 17.0 Å². The van der Waals surface area contributed by atoms with Gasteiger partial charge in [0.15, 0.2) is 9.84 Å². The van der Waals surface area contributed by atoms with Gasteiger partial charge in [-0.25, -0.2) is 13.1 Å². The number of alkyl halides is 2. The van der Waals surface area contributed by atoms with Crippen LogP contribution in [0.3, 0.4) is 0 Å². The second-order valence-electron chi connectivity index (χ2n) is 8.44. The number of aliphatic hydroxyl groups excluding tert-OH is 1. The highest BCUT2D eigenvalue weighted by Crippen LogP contribution is 2.29. The Labute approximate surface area is 189 Å². The van der Waals surface area contributed by atoms with E-state index in [1.54, 1.807) is 37.3 Å². The Hall–Kier alpha value is -3.05.